The lowest BCUT2D eigenvalue weighted by atomic mass is 9.99. The smallest absolute Gasteiger partial charge is 0.247 e. The first-order valence-electron chi connectivity index (χ1n) is 10.5. The summed E-state index contributed by atoms with van der Waals surface area (Å²) in [6, 6.07) is 9.96. The van der Waals surface area contributed by atoms with Gasteiger partial charge in [0.2, 0.25) is 5.91 Å². The Morgan fingerprint density at radius 1 is 1.23 bits per heavy atom. The summed E-state index contributed by atoms with van der Waals surface area (Å²) in [5.41, 5.74) is 6.22. The maximum absolute atomic E-state index is 13.6. The van der Waals surface area contributed by atoms with E-state index < -0.39 is 6.04 Å². The zero-order chi connectivity index (χ0) is 21.3. The molecule has 156 valence electrons. The molecule has 1 atom stereocenters. The zero-order valence-corrected chi connectivity index (χ0v) is 18.1. The second kappa shape index (κ2) is 8.40. The maximum Gasteiger partial charge on any atom is 0.247 e. The molecule has 0 aliphatic carbocycles. The molecule has 1 aromatic carbocycles. The fraction of sp³-hybridized carbons (Fsp3) is 0.375. The Morgan fingerprint density at radius 3 is 2.67 bits per heavy atom. The molecule has 0 saturated carbocycles. The summed E-state index contributed by atoms with van der Waals surface area (Å²) in [5.74, 6) is -0.0211. The third-order valence-electron chi connectivity index (χ3n) is 5.57. The number of carbonyl (C=O) groups is 1. The lowest BCUT2D eigenvalue weighted by Crippen LogP contribution is -2.42. The van der Waals surface area contributed by atoms with E-state index in [1.54, 1.807) is 6.20 Å². The van der Waals surface area contributed by atoms with Gasteiger partial charge in [0.15, 0.2) is 0 Å². The van der Waals surface area contributed by atoms with Gasteiger partial charge in [-0.25, -0.2) is 4.98 Å². The molecule has 0 fully saturated rings. The fourth-order valence-corrected chi connectivity index (χ4v) is 4.31. The molecule has 1 aliphatic heterocycles. The van der Waals surface area contributed by atoms with Gasteiger partial charge in [-0.1, -0.05) is 12.1 Å². The molecule has 4 rings (SSSR count). The molecule has 3 heterocycles. The van der Waals surface area contributed by atoms with Crippen molar-refractivity contribution in [2.24, 2.45) is 0 Å². The van der Waals surface area contributed by atoms with Crippen LogP contribution in [-0.2, 0) is 17.8 Å². The molecule has 30 heavy (non-hydrogen) atoms. The standard InChI is InChI=1S/C24H29N5O/c1-16(2)29-15-26-21-7-9-28(14-19-6-5-8-25-13-19)23(22(21)29)24(30)27-20-11-17(3)10-18(4)12-20/h5-6,8,10-13,15-16,23H,7,9,14H2,1-4H3,(H,27,30). The number of hydrogen-bond acceptors (Lipinski definition) is 4. The Kier molecular flexibility index (Phi) is 5.68. The van der Waals surface area contributed by atoms with Gasteiger partial charge in [-0.2, -0.15) is 0 Å². The molecule has 6 nitrogen and oxygen atoms in total. The number of carbonyl (C=O) groups excluding carboxylic acids is 1. The number of imidazole rings is 1. The van der Waals surface area contributed by atoms with Gasteiger partial charge in [0, 0.05) is 43.6 Å². The van der Waals surface area contributed by atoms with Gasteiger partial charge < -0.3 is 9.88 Å². The lowest BCUT2D eigenvalue weighted by Gasteiger charge is -2.35. The third kappa shape index (κ3) is 4.14. The number of pyridine rings is 1. The van der Waals surface area contributed by atoms with E-state index in [1.165, 1.54) is 0 Å². The lowest BCUT2D eigenvalue weighted by molar-refractivity contribution is -0.122. The van der Waals surface area contributed by atoms with Gasteiger partial charge in [-0.05, 0) is 62.6 Å². The Hall–Kier alpha value is -2.99. The Labute approximate surface area is 178 Å². The van der Waals surface area contributed by atoms with E-state index >= 15 is 0 Å². The molecule has 0 spiro atoms. The van der Waals surface area contributed by atoms with Crippen LogP contribution in [0.15, 0.2) is 49.1 Å². The van der Waals surface area contributed by atoms with Crippen LogP contribution in [0.5, 0.6) is 0 Å². The van der Waals surface area contributed by atoms with E-state index in [0.717, 1.165) is 46.7 Å². The first-order chi connectivity index (χ1) is 14.4. The SMILES string of the molecule is Cc1cc(C)cc(NC(=O)C2c3c(ncn3C(C)C)CCN2Cc2cccnc2)c1. The average molecular weight is 404 g/mol. The molecule has 1 unspecified atom stereocenters. The highest BCUT2D eigenvalue weighted by Gasteiger charge is 2.37. The minimum Gasteiger partial charge on any atom is -0.330 e. The van der Waals surface area contributed by atoms with Crippen LogP contribution in [0.2, 0.25) is 0 Å². The van der Waals surface area contributed by atoms with Crippen LogP contribution in [0.1, 0.15) is 54.0 Å². The molecule has 0 radical (unpaired) electrons. The normalized spacial score (nSPS) is 16.5. The molecule has 2 aromatic heterocycles. The minimum absolute atomic E-state index is 0.0211. The van der Waals surface area contributed by atoms with Gasteiger partial charge in [0.05, 0.1) is 17.7 Å². The second-order valence-electron chi connectivity index (χ2n) is 8.43. The summed E-state index contributed by atoms with van der Waals surface area (Å²) in [6.07, 6.45) is 6.35. The number of nitrogens with zero attached hydrogens (tertiary/aromatic N) is 4. The number of benzene rings is 1. The number of anilines is 1. The first kappa shape index (κ1) is 20.3. The highest BCUT2D eigenvalue weighted by Crippen LogP contribution is 2.33. The van der Waals surface area contributed by atoms with Gasteiger partial charge in [0.1, 0.15) is 6.04 Å². The fourth-order valence-electron chi connectivity index (χ4n) is 4.31. The maximum atomic E-state index is 13.6. The Bertz CT molecular complexity index is 1020. The van der Waals surface area contributed by atoms with Crippen molar-refractivity contribution in [3.05, 3.63) is 77.1 Å². The van der Waals surface area contributed by atoms with E-state index in [1.807, 2.05) is 44.6 Å². The minimum atomic E-state index is -0.403. The van der Waals surface area contributed by atoms with Crippen LogP contribution in [-0.4, -0.2) is 31.9 Å². The zero-order valence-electron chi connectivity index (χ0n) is 18.1. The van der Waals surface area contributed by atoms with Crippen LogP contribution in [0.3, 0.4) is 0 Å². The van der Waals surface area contributed by atoms with Gasteiger partial charge in [-0.3, -0.25) is 14.7 Å². The van der Waals surface area contributed by atoms with Crippen molar-refractivity contribution in [2.45, 2.75) is 52.7 Å². The van der Waals surface area contributed by atoms with E-state index in [4.69, 9.17) is 0 Å². The molecular weight excluding hydrogens is 374 g/mol. The van der Waals surface area contributed by atoms with Crippen LogP contribution in [0.25, 0.3) is 0 Å². The van der Waals surface area contributed by atoms with Crippen molar-refractivity contribution in [3.8, 4) is 0 Å². The third-order valence-corrected chi connectivity index (χ3v) is 5.57. The van der Waals surface area contributed by atoms with Crippen molar-refractivity contribution in [3.63, 3.8) is 0 Å². The van der Waals surface area contributed by atoms with Gasteiger partial charge in [0.25, 0.3) is 0 Å². The molecule has 1 aliphatic rings. The van der Waals surface area contributed by atoms with E-state index in [9.17, 15) is 4.79 Å². The molecular formula is C24H29N5O. The second-order valence-corrected chi connectivity index (χ2v) is 8.43. The highest BCUT2D eigenvalue weighted by molar-refractivity contribution is 5.95. The molecule has 0 saturated heterocycles. The quantitative estimate of drug-likeness (QED) is 0.693. The van der Waals surface area contributed by atoms with E-state index in [0.29, 0.717) is 6.54 Å². The first-order valence-corrected chi connectivity index (χ1v) is 10.5. The van der Waals surface area contributed by atoms with Crippen LogP contribution < -0.4 is 5.32 Å². The number of nitrogens with one attached hydrogen (secondary N) is 1. The summed E-state index contributed by atoms with van der Waals surface area (Å²) in [7, 11) is 0. The van der Waals surface area contributed by atoms with Crippen molar-refractivity contribution in [2.75, 3.05) is 11.9 Å². The molecule has 3 aromatic rings. The summed E-state index contributed by atoms with van der Waals surface area (Å²) in [5, 5.41) is 3.17. The summed E-state index contributed by atoms with van der Waals surface area (Å²) in [4.78, 5) is 24.7. The number of aryl methyl sites for hydroxylation is 2. The highest BCUT2D eigenvalue weighted by atomic mass is 16.2. The average Bonchev–Trinajstić information content (AvgIpc) is 3.12. The van der Waals surface area contributed by atoms with Crippen LogP contribution in [0, 0.1) is 13.8 Å². The molecule has 1 amide bonds. The summed E-state index contributed by atoms with van der Waals surface area (Å²) >= 11 is 0. The van der Waals surface area contributed by atoms with E-state index in [2.05, 4.69) is 50.7 Å². The molecule has 0 bridgehead atoms. The van der Waals surface area contributed by atoms with Crippen molar-refractivity contribution >= 4 is 11.6 Å². The number of aromatic nitrogens is 3. The van der Waals surface area contributed by atoms with Crippen molar-refractivity contribution < 1.29 is 4.79 Å². The Balaban J connectivity index is 1.70. The predicted octanol–water partition coefficient (Wildman–Crippen LogP) is 4.21. The van der Waals surface area contributed by atoms with E-state index in [-0.39, 0.29) is 11.9 Å². The van der Waals surface area contributed by atoms with Crippen molar-refractivity contribution in [1.82, 2.24) is 19.4 Å². The number of fused-ring (bicyclic) bond motifs is 1. The van der Waals surface area contributed by atoms with Gasteiger partial charge >= 0.3 is 0 Å². The largest absolute Gasteiger partial charge is 0.330 e. The van der Waals surface area contributed by atoms with Gasteiger partial charge in [-0.15, -0.1) is 0 Å². The van der Waals surface area contributed by atoms with Crippen LogP contribution >= 0.6 is 0 Å². The molecule has 1 N–H and O–H groups in total. The monoisotopic (exact) mass is 403 g/mol. The number of amides is 1. The Morgan fingerprint density at radius 2 is 2.00 bits per heavy atom. The summed E-state index contributed by atoms with van der Waals surface area (Å²) in [6.45, 7) is 9.79. The predicted molar refractivity (Wildman–Crippen MR) is 118 cm³/mol. The summed E-state index contributed by atoms with van der Waals surface area (Å²) < 4.78 is 2.14. The number of rotatable bonds is 5. The van der Waals surface area contributed by atoms with Crippen LogP contribution in [0.4, 0.5) is 5.69 Å². The number of hydrogen-bond donors (Lipinski definition) is 1. The topological polar surface area (TPSA) is 63.1 Å². The molecule has 6 heteroatoms. The van der Waals surface area contributed by atoms with Crippen molar-refractivity contribution in [1.29, 1.82) is 0 Å².